The van der Waals surface area contributed by atoms with Gasteiger partial charge in [0.25, 0.3) is 5.91 Å². The largest absolute Gasteiger partial charge is 0.351 e. The standard InChI is InChI=1S/C28H36N4O/c1-29-17-12-23-10-11-24(22-26(23)29)27(33)30(2)20-21-31-18-13-28(14-19-31,32-15-6-7-16-32)25-8-4-3-5-9-25/h3-5,8-12,17,22H,6-7,13-16,18-21H2,1-2H3. The van der Waals surface area contributed by atoms with Gasteiger partial charge in [-0.15, -0.1) is 0 Å². The Morgan fingerprint density at radius 2 is 1.70 bits per heavy atom. The van der Waals surface area contributed by atoms with Crippen LogP contribution in [0.3, 0.4) is 0 Å². The average Bonchev–Trinajstić information content (AvgIpc) is 3.53. The second kappa shape index (κ2) is 9.32. The fourth-order valence-electron chi connectivity index (χ4n) is 5.84. The molecule has 1 amide bonds. The molecule has 0 saturated carbocycles. The van der Waals surface area contributed by atoms with Crippen molar-refractivity contribution in [1.82, 2.24) is 19.3 Å². The summed E-state index contributed by atoms with van der Waals surface area (Å²) < 4.78 is 2.07. The van der Waals surface area contributed by atoms with Crippen molar-refractivity contribution < 1.29 is 4.79 Å². The van der Waals surface area contributed by atoms with Gasteiger partial charge in [0, 0.05) is 63.1 Å². The van der Waals surface area contributed by atoms with Crippen LogP contribution in [0.25, 0.3) is 10.9 Å². The molecule has 5 nitrogen and oxygen atoms in total. The highest BCUT2D eigenvalue weighted by atomic mass is 16.2. The number of likely N-dealkylation sites (N-methyl/N-ethyl adjacent to an activating group) is 1. The van der Waals surface area contributed by atoms with Crippen molar-refractivity contribution in [2.75, 3.05) is 46.3 Å². The van der Waals surface area contributed by atoms with Crippen molar-refractivity contribution >= 4 is 16.8 Å². The van der Waals surface area contributed by atoms with E-state index in [1.807, 2.05) is 43.4 Å². The average molecular weight is 445 g/mol. The van der Waals surface area contributed by atoms with Gasteiger partial charge in [-0.25, -0.2) is 0 Å². The Labute approximate surface area is 197 Å². The molecule has 0 atom stereocenters. The fourth-order valence-corrected chi connectivity index (χ4v) is 5.84. The summed E-state index contributed by atoms with van der Waals surface area (Å²) in [5.74, 6) is 0.103. The number of aromatic nitrogens is 1. The Hall–Kier alpha value is -2.63. The Balaban J connectivity index is 1.20. The molecule has 174 valence electrons. The summed E-state index contributed by atoms with van der Waals surface area (Å²) in [5, 5.41) is 1.17. The summed E-state index contributed by atoms with van der Waals surface area (Å²) in [6.07, 6.45) is 7.01. The van der Waals surface area contributed by atoms with E-state index in [1.54, 1.807) is 0 Å². The molecule has 5 heteroatoms. The Kier molecular flexibility index (Phi) is 6.26. The predicted octanol–water partition coefficient (Wildman–Crippen LogP) is 4.34. The van der Waals surface area contributed by atoms with E-state index >= 15 is 0 Å². The molecule has 2 fully saturated rings. The number of fused-ring (bicyclic) bond motifs is 1. The minimum atomic E-state index is 0.103. The summed E-state index contributed by atoms with van der Waals surface area (Å²) in [4.78, 5) is 20.2. The molecule has 0 aliphatic carbocycles. The van der Waals surface area contributed by atoms with E-state index in [0.717, 1.165) is 37.3 Å². The highest BCUT2D eigenvalue weighted by Crippen LogP contribution is 2.40. The third kappa shape index (κ3) is 4.32. The van der Waals surface area contributed by atoms with Crippen LogP contribution in [-0.2, 0) is 12.6 Å². The van der Waals surface area contributed by atoms with Crippen LogP contribution in [0.5, 0.6) is 0 Å². The highest BCUT2D eigenvalue weighted by Gasteiger charge is 2.42. The first kappa shape index (κ1) is 22.2. The van der Waals surface area contributed by atoms with Crippen LogP contribution in [0.2, 0.25) is 0 Å². The van der Waals surface area contributed by atoms with E-state index in [0.29, 0.717) is 0 Å². The summed E-state index contributed by atoms with van der Waals surface area (Å²) in [5.41, 5.74) is 3.53. The van der Waals surface area contributed by atoms with Crippen LogP contribution < -0.4 is 0 Å². The van der Waals surface area contributed by atoms with E-state index in [4.69, 9.17) is 0 Å². The van der Waals surface area contributed by atoms with Crippen molar-refractivity contribution in [2.45, 2.75) is 31.2 Å². The van der Waals surface area contributed by atoms with Gasteiger partial charge in [0.15, 0.2) is 0 Å². The van der Waals surface area contributed by atoms with Crippen molar-refractivity contribution in [3.05, 3.63) is 71.9 Å². The number of hydrogen-bond donors (Lipinski definition) is 0. The first-order valence-corrected chi connectivity index (χ1v) is 12.4. The number of rotatable bonds is 6. The number of aryl methyl sites for hydroxylation is 1. The van der Waals surface area contributed by atoms with Crippen LogP contribution in [-0.4, -0.2) is 71.5 Å². The maximum Gasteiger partial charge on any atom is 0.253 e. The van der Waals surface area contributed by atoms with Gasteiger partial charge in [-0.1, -0.05) is 36.4 Å². The monoisotopic (exact) mass is 444 g/mol. The molecule has 0 bridgehead atoms. The molecular weight excluding hydrogens is 408 g/mol. The van der Waals surface area contributed by atoms with E-state index in [9.17, 15) is 4.79 Å². The molecule has 1 aromatic heterocycles. The summed E-state index contributed by atoms with van der Waals surface area (Å²) in [6, 6.07) is 19.2. The first-order chi connectivity index (χ1) is 16.1. The summed E-state index contributed by atoms with van der Waals surface area (Å²) in [6.45, 7) is 6.30. The quantitative estimate of drug-likeness (QED) is 0.567. The number of likely N-dealkylation sites (tertiary alicyclic amines) is 2. The molecule has 2 aliphatic rings. The number of piperidine rings is 1. The van der Waals surface area contributed by atoms with Gasteiger partial charge < -0.3 is 14.4 Å². The van der Waals surface area contributed by atoms with Crippen LogP contribution in [0, 0.1) is 0 Å². The number of hydrogen-bond acceptors (Lipinski definition) is 3. The molecule has 3 heterocycles. The first-order valence-electron chi connectivity index (χ1n) is 12.4. The molecule has 33 heavy (non-hydrogen) atoms. The van der Waals surface area contributed by atoms with Gasteiger partial charge in [0.1, 0.15) is 0 Å². The molecule has 3 aromatic rings. The number of nitrogens with zero attached hydrogens (tertiary/aromatic N) is 4. The number of carbonyl (C=O) groups is 1. The van der Waals surface area contributed by atoms with E-state index in [1.165, 1.54) is 49.7 Å². The molecular formula is C28H36N4O. The maximum absolute atomic E-state index is 13.0. The second-order valence-corrected chi connectivity index (χ2v) is 9.86. The third-order valence-electron chi connectivity index (χ3n) is 7.94. The maximum atomic E-state index is 13.0. The normalized spacial score (nSPS) is 19.2. The zero-order valence-electron chi connectivity index (χ0n) is 20.0. The number of amides is 1. The van der Waals surface area contributed by atoms with Crippen molar-refractivity contribution in [2.24, 2.45) is 7.05 Å². The van der Waals surface area contributed by atoms with Gasteiger partial charge in [-0.2, -0.15) is 0 Å². The van der Waals surface area contributed by atoms with Gasteiger partial charge >= 0.3 is 0 Å². The number of benzene rings is 2. The van der Waals surface area contributed by atoms with Gasteiger partial charge in [-0.3, -0.25) is 9.69 Å². The van der Waals surface area contributed by atoms with E-state index < -0.39 is 0 Å². The smallest absolute Gasteiger partial charge is 0.253 e. The zero-order valence-corrected chi connectivity index (χ0v) is 20.0. The SMILES string of the molecule is CN(CCN1CCC(c2ccccc2)(N2CCCC2)CC1)C(=O)c1ccc2ccn(C)c2c1. The topological polar surface area (TPSA) is 31.7 Å². The van der Waals surface area contributed by atoms with Crippen LogP contribution >= 0.6 is 0 Å². The lowest BCUT2D eigenvalue weighted by Crippen LogP contribution is -2.53. The molecule has 2 aromatic carbocycles. The third-order valence-corrected chi connectivity index (χ3v) is 7.94. The van der Waals surface area contributed by atoms with E-state index in [2.05, 4.69) is 50.8 Å². The molecule has 5 rings (SSSR count). The van der Waals surface area contributed by atoms with Gasteiger partial charge in [-0.05, 0) is 67.9 Å². The Bertz CT molecular complexity index is 1090. The highest BCUT2D eigenvalue weighted by molar-refractivity contribution is 5.97. The van der Waals surface area contributed by atoms with Crippen LogP contribution in [0.4, 0.5) is 0 Å². The van der Waals surface area contributed by atoms with Crippen molar-refractivity contribution in [3.63, 3.8) is 0 Å². The lowest BCUT2D eigenvalue weighted by Gasteiger charge is -2.48. The van der Waals surface area contributed by atoms with Crippen molar-refractivity contribution in [3.8, 4) is 0 Å². The summed E-state index contributed by atoms with van der Waals surface area (Å²) in [7, 11) is 3.95. The minimum Gasteiger partial charge on any atom is -0.351 e. The Morgan fingerprint density at radius 3 is 2.42 bits per heavy atom. The van der Waals surface area contributed by atoms with Gasteiger partial charge in [0.2, 0.25) is 0 Å². The molecule has 0 radical (unpaired) electrons. The van der Waals surface area contributed by atoms with Crippen molar-refractivity contribution in [1.29, 1.82) is 0 Å². The number of carbonyl (C=O) groups excluding carboxylic acids is 1. The summed E-state index contributed by atoms with van der Waals surface area (Å²) >= 11 is 0. The molecule has 2 aliphatic heterocycles. The zero-order chi connectivity index (χ0) is 22.8. The Morgan fingerprint density at radius 1 is 0.970 bits per heavy atom. The van der Waals surface area contributed by atoms with Gasteiger partial charge in [0.05, 0.1) is 0 Å². The lowest BCUT2D eigenvalue weighted by atomic mass is 9.79. The minimum absolute atomic E-state index is 0.103. The lowest BCUT2D eigenvalue weighted by molar-refractivity contribution is 0.0313. The molecule has 0 N–H and O–H groups in total. The van der Waals surface area contributed by atoms with E-state index in [-0.39, 0.29) is 11.4 Å². The van der Waals surface area contributed by atoms with Crippen LogP contribution in [0.15, 0.2) is 60.8 Å². The fraction of sp³-hybridized carbons (Fsp3) is 0.464. The van der Waals surface area contributed by atoms with Crippen LogP contribution in [0.1, 0.15) is 41.6 Å². The molecule has 2 saturated heterocycles. The second-order valence-electron chi connectivity index (χ2n) is 9.86. The predicted molar refractivity (Wildman–Crippen MR) is 134 cm³/mol. The molecule has 0 spiro atoms. The molecule has 0 unspecified atom stereocenters.